The number of hydrogen-bond acceptors (Lipinski definition) is 4. The number of hydrogen-bond donors (Lipinski definition) is 2. The zero-order valence-corrected chi connectivity index (χ0v) is 24.7. The second-order valence-electron chi connectivity index (χ2n) is 9.27. The van der Waals surface area contributed by atoms with E-state index in [9.17, 15) is 9.90 Å². The van der Waals surface area contributed by atoms with E-state index in [0.29, 0.717) is 28.0 Å². The number of aromatic nitrogens is 3. The van der Waals surface area contributed by atoms with Gasteiger partial charge in [0.2, 0.25) is 0 Å². The van der Waals surface area contributed by atoms with E-state index in [1.807, 2.05) is 15.4 Å². The van der Waals surface area contributed by atoms with Gasteiger partial charge in [-0.15, -0.1) is 0 Å². The first-order valence-electron chi connectivity index (χ1n) is 12.4. The van der Waals surface area contributed by atoms with Gasteiger partial charge in [-0.3, -0.25) is 4.68 Å². The first-order valence-corrected chi connectivity index (χ1v) is 13.5. The molecule has 4 aromatic rings. The second-order valence-corrected chi connectivity index (χ2v) is 10.7. The summed E-state index contributed by atoms with van der Waals surface area (Å²) in [6.45, 7) is 1.43. The summed E-state index contributed by atoms with van der Waals surface area (Å²) in [6.07, 6.45) is 9.55. The number of fused-ring (bicyclic) bond motifs is 1. The van der Waals surface area contributed by atoms with Crippen molar-refractivity contribution in [3.63, 3.8) is 0 Å². The molecule has 1 saturated carbocycles. The van der Waals surface area contributed by atoms with Gasteiger partial charge in [0.05, 0.1) is 28.0 Å². The molecular weight excluding hydrogens is 541 g/mol. The zero-order chi connectivity index (χ0) is 26.1. The van der Waals surface area contributed by atoms with Crippen LogP contribution < -0.4 is 35.3 Å². The Labute approximate surface area is 252 Å². The topological polar surface area (TPSA) is 86.1 Å². The van der Waals surface area contributed by atoms with E-state index in [1.54, 1.807) is 18.3 Å². The van der Waals surface area contributed by atoms with Gasteiger partial charge >= 0.3 is 35.5 Å². The maximum Gasteiger partial charge on any atom is 1.00 e. The van der Waals surface area contributed by atoms with E-state index >= 15 is 8.78 Å². The molecule has 38 heavy (non-hydrogen) atoms. The van der Waals surface area contributed by atoms with Crippen LogP contribution in [-0.4, -0.2) is 32.0 Å². The molecule has 3 N–H and O–H groups in total. The van der Waals surface area contributed by atoms with E-state index in [-0.39, 0.29) is 46.8 Å². The third-order valence-corrected chi connectivity index (χ3v) is 8.06. The van der Waals surface area contributed by atoms with E-state index in [4.69, 9.17) is 17.3 Å². The molecule has 0 unspecified atom stereocenters. The van der Waals surface area contributed by atoms with Crippen LogP contribution >= 0.6 is 23.4 Å². The van der Waals surface area contributed by atoms with Crippen molar-refractivity contribution >= 4 is 40.2 Å². The Bertz CT molecular complexity index is 1480. The van der Waals surface area contributed by atoms with Crippen LogP contribution in [0, 0.1) is 11.6 Å². The van der Waals surface area contributed by atoms with Crippen molar-refractivity contribution in [2.24, 2.45) is 5.73 Å². The minimum atomic E-state index is -1.34. The van der Waals surface area contributed by atoms with Gasteiger partial charge in [-0.1, -0.05) is 42.3 Å². The predicted octanol–water partition coefficient (Wildman–Crippen LogP) is 4.12. The van der Waals surface area contributed by atoms with E-state index in [0.717, 1.165) is 62.5 Å². The number of carboxylic acid groups (broad SMARTS) is 1. The number of rotatable bonds is 11. The van der Waals surface area contributed by atoms with Crippen molar-refractivity contribution in [2.45, 2.75) is 60.8 Å². The first-order chi connectivity index (χ1) is 17.9. The summed E-state index contributed by atoms with van der Waals surface area (Å²) >= 11 is 7.33. The molecule has 6 nitrogen and oxygen atoms in total. The first kappa shape index (κ1) is 29.1. The number of halogens is 3. The molecule has 1 fully saturated rings. The maximum atomic E-state index is 15.6. The number of aromatic carboxylic acids is 1. The monoisotopic (exact) mass is 568 g/mol. The van der Waals surface area contributed by atoms with Gasteiger partial charge in [-0.2, -0.15) is 5.10 Å². The zero-order valence-electron chi connectivity index (χ0n) is 22.1. The van der Waals surface area contributed by atoms with Crippen LogP contribution in [0.15, 0.2) is 52.5 Å². The number of carbonyl (C=O) groups is 1. The average Bonchev–Trinajstić information content (AvgIpc) is 3.52. The largest absolute Gasteiger partial charge is 1.00 e. The van der Waals surface area contributed by atoms with Gasteiger partial charge in [-0.25, -0.2) is 13.6 Å². The normalized spacial score (nSPS) is 13.2. The molecule has 0 saturated heterocycles. The molecule has 196 valence electrons. The number of nitrogens with zero attached hydrogens (tertiary/aromatic N) is 3. The number of aryl methyl sites for hydroxylation is 1. The van der Waals surface area contributed by atoms with Gasteiger partial charge in [0.1, 0.15) is 0 Å². The molecule has 2 aromatic heterocycles. The minimum Gasteiger partial charge on any atom is -1.00 e. The molecule has 5 rings (SSSR count). The fourth-order valence-corrected chi connectivity index (χ4v) is 5.98. The molecule has 0 aliphatic heterocycles. The minimum absolute atomic E-state index is 0. The van der Waals surface area contributed by atoms with E-state index in [2.05, 4.69) is 5.10 Å². The van der Waals surface area contributed by atoms with Gasteiger partial charge in [0, 0.05) is 39.5 Å². The van der Waals surface area contributed by atoms with Crippen LogP contribution in [0.1, 0.15) is 61.9 Å². The Morgan fingerprint density at radius 2 is 1.92 bits per heavy atom. The molecule has 2 heterocycles. The van der Waals surface area contributed by atoms with Crippen molar-refractivity contribution in [3.8, 4) is 5.69 Å². The molecule has 0 spiro atoms. The number of benzene rings is 2. The number of carboxylic acids is 1. The van der Waals surface area contributed by atoms with Gasteiger partial charge in [0.15, 0.2) is 11.6 Å². The molecule has 0 bridgehead atoms. The van der Waals surface area contributed by atoms with Crippen molar-refractivity contribution in [1.82, 2.24) is 14.3 Å². The Kier molecular flexibility index (Phi) is 9.60. The van der Waals surface area contributed by atoms with E-state index < -0.39 is 23.2 Å². The summed E-state index contributed by atoms with van der Waals surface area (Å²) in [5, 5.41) is 14.5. The fraction of sp³-hybridized carbons (Fsp3) is 0.333. The van der Waals surface area contributed by atoms with Crippen molar-refractivity contribution in [3.05, 3.63) is 70.6 Å². The third-order valence-electron chi connectivity index (χ3n) is 6.60. The quantitative estimate of drug-likeness (QED) is 0.210. The van der Waals surface area contributed by atoms with Gasteiger partial charge in [-0.05, 0) is 56.5 Å². The molecule has 0 amide bonds. The Morgan fingerprint density at radius 1 is 1.16 bits per heavy atom. The summed E-state index contributed by atoms with van der Waals surface area (Å²) in [5.74, 6) is -2.53. The van der Waals surface area contributed by atoms with Crippen LogP contribution in [-0.2, 0) is 6.54 Å². The Balaban J connectivity index is 0.00000210. The second kappa shape index (κ2) is 12.5. The average molecular weight is 569 g/mol. The fourth-order valence-electron chi connectivity index (χ4n) is 4.63. The van der Waals surface area contributed by atoms with Crippen LogP contribution in [0.3, 0.4) is 0 Å². The molecule has 0 atom stereocenters. The summed E-state index contributed by atoms with van der Waals surface area (Å²) in [6, 6.07) is 7.53. The van der Waals surface area contributed by atoms with E-state index in [1.165, 1.54) is 18.2 Å². The van der Waals surface area contributed by atoms with Crippen LogP contribution in [0.5, 0.6) is 0 Å². The number of unbranched alkanes of at least 4 members (excludes halogenated alkanes) is 3. The predicted molar refractivity (Wildman–Crippen MR) is 142 cm³/mol. The maximum absolute atomic E-state index is 15.6. The molecular formula is C27H28ClF2N4NaO2S. The van der Waals surface area contributed by atoms with Crippen LogP contribution in [0.25, 0.3) is 16.6 Å². The molecule has 1 aliphatic carbocycles. The smallest absolute Gasteiger partial charge is 1.00 e. The van der Waals surface area contributed by atoms with Crippen molar-refractivity contribution in [1.29, 1.82) is 0 Å². The summed E-state index contributed by atoms with van der Waals surface area (Å²) in [4.78, 5) is 12.4. The summed E-state index contributed by atoms with van der Waals surface area (Å²) in [5.41, 5.74) is 7.06. The van der Waals surface area contributed by atoms with Crippen molar-refractivity contribution in [2.75, 3.05) is 6.54 Å². The molecule has 1 aliphatic rings. The Morgan fingerprint density at radius 3 is 2.63 bits per heavy atom. The molecule has 2 aromatic carbocycles. The summed E-state index contributed by atoms with van der Waals surface area (Å²) < 4.78 is 34.4. The van der Waals surface area contributed by atoms with Crippen molar-refractivity contribution < 1.29 is 49.7 Å². The van der Waals surface area contributed by atoms with Crippen LogP contribution in [0.4, 0.5) is 8.78 Å². The third kappa shape index (κ3) is 5.83. The SMILES string of the molecule is NCCCCCCn1cc(-n2c(C3CC3)c(Sc3cccc(C(=O)O)c3F)c3ccc(Cl)c(F)c32)cn1.[H-].[Na+]. The molecule has 0 radical (unpaired) electrons. The standard InChI is InChI=1S/C27H27ClF2N4O2S.Na.H/c28-20-11-10-19-25(23(20)30)34(17-14-32-33(15-17)13-4-2-1-3-12-31)24(16-8-9-16)26(19)37-21-7-5-6-18(22(21)29)27(35)36;;/h5-7,10-11,14-16H,1-4,8-9,12-13,31H2,(H,35,36);;/q;+1;-1. The van der Waals surface area contributed by atoms with Gasteiger partial charge < -0.3 is 16.8 Å². The molecule has 11 heteroatoms. The van der Waals surface area contributed by atoms with Gasteiger partial charge in [0.25, 0.3) is 0 Å². The summed E-state index contributed by atoms with van der Waals surface area (Å²) in [7, 11) is 0. The Hall–Kier alpha value is -1.88. The number of nitrogens with two attached hydrogens (primary N) is 1. The van der Waals surface area contributed by atoms with Crippen LogP contribution in [0.2, 0.25) is 5.02 Å².